The van der Waals surface area contributed by atoms with E-state index in [2.05, 4.69) is 15.0 Å². The molecule has 3 heterocycles. The minimum Gasteiger partial charge on any atom is -0.386 e. The van der Waals surface area contributed by atoms with E-state index in [1.807, 2.05) is 30.3 Å². The molecule has 1 aliphatic heterocycles. The number of hydrogen-bond donors (Lipinski definition) is 0. The molecule has 1 aliphatic rings. The van der Waals surface area contributed by atoms with Crippen molar-refractivity contribution in [2.45, 2.75) is 19.4 Å². The van der Waals surface area contributed by atoms with Crippen molar-refractivity contribution < 1.29 is 4.42 Å². The Bertz CT molecular complexity index is 872. The number of aromatic nitrogens is 3. The third-order valence-electron chi connectivity index (χ3n) is 4.31. The van der Waals surface area contributed by atoms with Crippen molar-refractivity contribution in [1.29, 1.82) is 0 Å². The number of pyridine rings is 1. The van der Waals surface area contributed by atoms with Crippen LogP contribution in [0.15, 0.2) is 45.7 Å². The second-order valence-electron chi connectivity index (χ2n) is 5.83. The van der Waals surface area contributed by atoms with Crippen molar-refractivity contribution in [3.05, 3.63) is 47.1 Å². The Labute approximate surface area is 133 Å². The van der Waals surface area contributed by atoms with E-state index in [4.69, 9.17) is 4.42 Å². The smallest absolute Gasteiger partial charge is 0.386 e. The second-order valence-corrected chi connectivity index (χ2v) is 5.83. The molecule has 0 amide bonds. The number of rotatable bonds is 4. The molecule has 0 saturated carbocycles. The molecule has 1 fully saturated rings. The van der Waals surface area contributed by atoms with E-state index in [1.54, 1.807) is 6.20 Å². The van der Waals surface area contributed by atoms with E-state index in [-0.39, 0.29) is 5.89 Å². The van der Waals surface area contributed by atoms with Gasteiger partial charge in [-0.1, -0.05) is 24.3 Å². The summed E-state index contributed by atoms with van der Waals surface area (Å²) >= 11 is 0. The summed E-state index contributed by atoms with van der Waals surface area (Å²) in [6.45, 7) is 3.58. The molecule has 1 saturated heterocycles. The Morgan fingerprint density at radius 2 is 1.91 bits per heavy atom. The Morgan fingerprint density at radius 3 is 2.78 bits per heavy atom. The highest BCUT2D eigenvalue weighted by molar-refractivity contribution is 5.92. The lowest BCUT2D eigenvalue weighted by molar-refractivity contribution is 0.309. The van der Waals surface area contributed by atoms with Crippen molar-refractivity contribution >= 4 is 10.8 Å². The lowest BCUT2D eigenvalue weighted by atomic mass is 10.1. The Morgan fingerprint density at radius 1 is 1.09 bits per heavy atom. The highest BCUT2D eigenvalue weighted by Gasteiger charge is 2.16. The van der Waals surface area contributed by atoms with E-state index in [0.29, 0.717) is 12.2 Å². The van der Waals surface area contributed by atoms with Gasteiger partial charge in [0.25, 0.3) is 5.89 Å². The molecule has 6 nitrogen and oxygen atoms in total. The van der Waals surface area contributed by atoms with E-state index in [0.717, 1.165) is 30.4 Å². The monoisotopic (exact) mass is 310 g/mol. The molecule has 0 spiro atoms. The first-order valence-electron chi connectivity index (χ1n) is 7.96. The average molecular weight is 310 g/mol. The van der Waals surface area contributed by atoms with E-state index < -0.39 is 5.76 Å². The third-order valence-corrected chi connectivity index (χ3v) is 4.31. The van der Waals surface area contributed by atoms with Crippen LogP contribution >= 0.6 is 0 Å². The second kappa shape index (κ2) is 5.96. The maximum absolute atomic E-state index is 12.0. The minimum absolute atomic E-state index is 0.285. The number of likely N-dealkylation sites (tertiary alicyclic amines) is 1. The van der Waals surface area contributed by atoms with Crippen LogP contribution in [-0.4, -0.2) is 39.3 Å². The van der Waals surface area contributed by atoms with Gasteiger partial charge in [0, 0.05) is 18.1 Å². The first kappa shape index (κ1) is 14.1. The molecule has 6 heteroatoms. The van der Waals surface area contributed by atoms with Crippen LogP contribution in [0.5, 0.6) is 0 Å². The minimum atomic E-state index is -0.422. The van der Waals surface area contributed by atoms with Crippen molar-refractivity contribution in [3.63, 3.8) is 0 Å². The van der Waals surface area contributed by atoms with E-state index in [1.165, 1.54) is 17.5 Å². The molecular formula is C17H18N4O2. The number of nitrogens with zero attached hydrogens (tertiary/aromatic N) is 4. The van der Waals surface area contributed by atoms with Gasteiger partial charge in [0.1, 0.15) is 5.69 Å². The normalized spacial score (nSPS) is 15.5. The fourth-order valence-electron chi connectivity index (χ4n) is 3.08. The summed E-state index contributed by atoms with van der Waals surface area (Å²) in [7, 11) is 0. The summed E-state index contributed by atoms with van der Waals surface area (Å²) in [6.07, 6.45) is 4.18. The molecule has 0 N–H and O–H groups in total. The zero-order valence-corrected chi connectivity index (χ0v) is 12.8. The van der Waals surface area contributed by atoms with Crippen molar-refractivity contribution in [1.82, 2.24) is 19.7 Å². The molecule has 0 bridgehead atoms. The van der Waals surface area contributed by atoms with Crippen molar-refractivity contribution in [2.24, 2.45) is 0 Å². The van der Waals surface area contributed by atoms with E-state index >= 15 is 0 Å². The standard InChI is InChI=1S/C17H18N4O2/c22-17-21(12-11-20-9-3-4-10-20)19-16(23-17)15-14-6-2-1-5-13(14)7-8-18-15/h1-2,5-8H,3-4,9-12H2. The molecule has 3 aromatic rings. The molecule has 118 valence electrons. The largest absolute Gasteiger partial charge is 0.437 e. The first-order valence-corrected chi connectivity index (χ1v) is 7.96. The van der Waals surface area contributed by atoms with Gasteiger partial charge in [0.2, 0.25) is 0 Å². The predicted molar refractivity (Wildman–Crippen MR) is 87.2 cm³/mol. The van der Waals surface area contributed by atoms with Crippen molar-refractivity contribution in [3.8, 4) is 11.6 Å². The third kappa shape index (κ3) is 2.77. The number of benzene rings is 1. The fraction of sp³-hybridized carbons (Fsp3) is 0.353. The van der Waals surface area contributed by atoms with Crippen LogP contribution in [-0.2, 0) is 6.54 Å². The van der Waals surface area contributed by atoms with Crippen LogP contribution in [0.3, 0.4) is 0 Å². The summed E-state index contributed by atoms with van der Waals surface area (Å²) in [5.41, 5.74) is 0.611. The van der Waals surface area contributed by atoms with Gasteiger partial charge in [-0.25, -0.2) is 4.79 Å². The molecule has 0 radical (unpaired) electrons. The molecule has 4 rings (SSSR count). The van der Waals surface area contributed by atoms with Crippen LogP contribution in [0, 0.1) is 0 Å². The average Bonchev–Trinajstić information content (AvgIpc) is 3.22. The molecule has 1 aromatic carbocycles. The van der Waals surface area contributed by atoms with Gasteiger partial charge in [0.15, 0.2) is 0 Å². The SMILES string of the molecule is O=c1oc(-c2nccc3ccccc23)nn1CCN1CCCC1. The van der Waals surface area contributed by atoms with Gasteiger partial charge in [-0.2, -0.15) is 4.68 Å². The number of hydrogen-bond acceptors (Lipinski definition) is 5. The molecule has 0 aliphatic carbocycles. The van der Waals surface area contributed by atoms with Crippen LogP contribution in [0.4, 0.5) is 0 Å². The van der Waals surface area contributed by atoms with Crippen LogP contribution in [0.1, 0.15) is 12.8 Å². The Balaban J connectivity index is 1.64. The highest BCUT2D eigenvalue weighted by atomic mass is 16.4. The molecule has 0 atom stereocenters. The fourth-order valence-corrected chi connectivity index (χ4v) is 3.08. The zero-order chi connectivity index (χ0) is 15.6. The first-order chi connectivity index (χ1) is 11.3. The summed E-state index contributed by atoms with van der Waals surface area (Å²) in [5, 5.41) is 6.32. The van der Waals surface area contributed by atoms with Gasteiger partial charge in [-0.3, -0.25) is 4.98 Å². The van der Waals surface area contributed by atoms with Gasteiger partial charge < -0.3 is 9.32 Å². The van der Waals surface area contributed by atoms with E-state index in [9.17, 15) is 4.79 Å². The number of fused-ring (bicyclic) bond motifs is 1. The molecular weight excluding hydrogens is 292 g/mol. The van der Waals surface area contributed by atoms with Gasteiger partial charge >= 0.3 is 5.76 Å². The summed E-state index contributed by atoms with van der Waals surface area (Å²) < 4.78 is 6.74. The van der Waals surface area contributed by atoms with Crippen LogP contribution in [0.2, 0.25) is 0 Å². The maximum atomic E-state index is 12.0. The van der Waals surface area contributed by atoms with Gasteiger partial charge in [-0.15, -0.1) is 5.10 Å². The lowest BCUT2D eigenvalue weighted by Gasteiger charge is -2.12. The van der Waals surface area contributed by atoms with Crippen molar-refractivity contribution in [2.75, 3.05) is 19.6 Å². The maximum Gasteiger partial charge on any atom is 0.437 e. The molecule has 0 unspecified atom stereocenters. The van der Waals surface area contributed by atoms with Crippen LogP contribution in [0.25, 0.3) is 22.4 Å². The summed E-state index contributed by atoms with van der Waals surface area (Å²) in [4.78, 5) is 18.7. The highest BCUT2D eigenvalue weighted by Crippen LogP contribution is 2.23. The Hall–Kier alpha value is -2.47. The zero-order valence-electron chi connectivity index (χ0n) is 12.8. The van der Waals surface area contributed by atoms with Gasteiger partial charge in [0.05, 0.1) is 6.54 Å². The summed E-state index contributed by atoms with van der Waals surface area (Å²) in [5.74, 6) is -0.137. The van der Waals surface area contributed by atoms with Gasteiger partial charge in [-0.05, 0) is 37.4 Å². The van der Waals surface area contributed by atoms with Crippen LogP contribution < -0.4 is 5.76 Å². The topological polar surface area (TPSA) is 64.2 Å². The molecule has 23 heavy (non-hydrogen) atoms. The lowest BCUT2D eigenvalue weighted by Crippen LogP contribution is -2.28. The summed E-state index contributed by atoms with van der Waals surface area (Å²) in [6, 6.07) is 9.80. The Kier molecular flexibility index (Phi) is 3.67. The predicted octanol–water partition coefficient (Wildman–Crippen LogP) is 2.15. The quantitative estimate of drug-likeness (QED) is 0.739. The molecule has 2 aromatic heterocycles.